The number of halogens is 6. The summed E-state index contributed by atoms with van der Waals surface area (Å²) in [5.74, 6) is 0. The molecule has 8 heteroatoms. The summed E-state index contributed by atoms with van der Waals surface area (Å²) in [5.41, 5.74) is -3.30. The number of alkyl halides is 5. The Hall–Kier alpha value is -0.980. The van der Waals surface area contributed by atoms with E-state index in [4.69, 9.17) is 5.26 Å². The summed E-state index contributed by atoms with van der Waals surface area (Å²) >= 11 is 1.39. The van der Waals surface area contributed by atoms with E-state index in [9.17, 15) is 22.0 Å². The molecule has 1 aromatic heterocycles. The van der Waals surface area contributed by atoms with E-state index in [0.717, 1.165) is 6.07 Å². The Morgan fingerprint density at radius 3 is 2.31 bits per heavy atom. The van der Waals surface area contributed by atoms with Crippen LogP contribution in [-0.4, -0.2) is 4.98 Å². The van der Waals surface area contributed by atoms with Crippen LogP contribution in [-0.2, 0) is 6.18 Å². The van der Waals surface area contributed by atoms with Gasteiger partial charge in [0, 0.05) is 3.57 Å². The number of hydrogen-bond acceptors (Lipinski definition) is 2. The maximum atomic E-state index is 12.4. The minimum Gasteiger partial charge on any atom is -0.241 e. The second-order valence-corrected chi connectivity index (χ2v) is 3.83. The van der Waals surface area contributed by atoms with Crippen molar-refractivity contribution in [3.63, 3.8) is 0 Å². The highest BCUT2D eigenvalue weighted by Crippen LogP contribution is 2.34. The third kappa shape index (κ3) is 2.58. The molecule has 0 aliphatic carbocycles. The monoisotopic (exact) mass is 348 g/mol. The van der Waals surface area contributed by atoms with Gasteiger partial charge in [-0.2, -0.15) is 18.4 Å². The van der Waals surface area contributed by atoms with Crippen molar-refractivity contribution in [2.45, 2.75) is 12.6 Å². The predicted molar refractivity (Wildman–Crippen MR) is 51.6 cm³/mol. The van der Waals surface area contributed by atoms with Crippen LogP contribution in [0.2, 0.25) is 0 Å². The smallest absolute Gasteiger partial charge is 0.241 e. The molecule has 0 amide bonds. The second-order valence-electron chi connectivity index (χ2n) is 2.66. The number of aromatic nitrogens is 1. The van der Waals surface area contributed by atoms with Crippen LogP contribution < -0.4 is 0 Å². The van der Waals surface area contributed by atoms with E-state index >= 15 is 0 Å². The van der Waals surface area contributed by atoms with Crippen molar-refractivity contribution in [1.82, 2.24) is 4.98 Å². The highest BCUT2D eigenvalue weighted by Gasteiger charge is 2.37. The van der Waals surface area contributed by atoms with Crippen LogP contribution in [0.1, 0.15) is 23.4 Å². The van der Waals surface area contributed by atoms with Gasteiger partial charge in [-0.25, -0.2) is 13.8 Å². The van der Waals surface area contributed by atoms with Gasteiger partial charge in [-0.3, -0.25) is 0 Å². The van der Waals surface area contributed by atoms with Crippen LogP contribution in [0.3, 0.4) is 0 Å². The molecule has 1 aromatic rings. The maximum Gasteiger partial charge on any atom is 0.434 e. The Bertz CT molecular complexity index is 449. The largest absolute Gasteiger partial charge is 0.434 e. The standard InChI is InChI=1S/C8H2F5IN2/c9-7(10)5-1-4(14)3(2-15)6(16-5)8(11,12)13/h1,7H. The third-order valence-electron chi connectivity index (χ3n) is 1.60. The molecule has 16 heavy (non-hydrogen) atoms. The van der Waals surface area contributed by atoms with E-state index in [1.54, 1.807) is 0 Å². The topological polar surface area (TPSA) is 36.7 Å². The summed E-state index contributed by atoms with van der Waals surface area (Å²) < 4.78 is 61.5. The van der Waals surface area contributed by atoms with Gasteiger partial charge in [-0.1, -0.05) is 0 Å². The Kier molecular flexibility index (Phi) is 3.67. The van der Waals surface area contributed by atoms with Crippen molar-refractivity contribution in [3.8, 4) is 6.07 Å². The van der Waals surface area contributed by atoms with Crippen LogP contribution in [0.4, 0.5) is 22.0 Å². The fourth-order valence-corrected chi connectivity index (χ4v) is 1.65. The summed E-state index contributed by atoms with van der Waals surface area (Å²) in [7, 11) is 0. The minimum absolute atomic E-state index is 0.197. The van der Waals surface area contributed by atoms with Crippen LogP contribution in [0.15, 0.2) is 6.07 Å². The van der Waals surface area contributed by atoms with E-state index in [1.165, 1.54) is 28.7 Å². The van der Waals surface area contributed by atoms with Crippen molar-refractivity contribution in [3.05, 3.63) is 26.6 Å². The van der Waals surface area contributed by atoms with Crippen molar-refractivity contribution in [2.24, 2.45) is 0 Å². The molecule has 1 rings (SSSR count). The molecule has 0 aromatic carbocycles. The fraction of sp³-hybridized carbons (Fsp3) is 0.250. The molecule has 0 aliphatic heterocycles. The predicted octanol–water partition coefficient (Wildman–Crippen LogP) is 3.51. The second kappa shape index (κ2) is 4.48. The van der Waals surface area contributed by atoms with E-state index < -0.39 is 29.6 Å². The number of pyridine rings is 1. The Morgan fingerprint density at radius 2 is 1.94 bits per heavy atom. The Balaban J connectivity index is 3.51. The van der Waals surface area contributed by atoms with Gasteiger partial charge in [-0.15, -0.1) is 0 Å². The average molecular weight is 348 g/mol. The summed E-state index contributed by atoms with van der Waals surface area (Å²) in [4.78, 5) is 2.77. The SMILES string of the molecule is N#Cc1c(I)cc(C(F)F)nc1C(F)(F)F. The van der Waals surface area contributed by atoms with Gasteiger partial charge < -0.3 is 0 Å². The quantitative estimate of drug-likeness (QED) is 0.575. The summed E-state index contributed by atoms with van der Waals surface area (Å²) in [6.07, 6.45) is -8.03. The van der Waals surface area contributed by atoms with Gasteiger partial charge in [0.05, 0.1) is 5.56 Å². The first-order valence-electron chi connectivity index (χ1n) is 3.73. The highest BCUT2D eigenvalue weighted by molar-refractivity contribution is 14.1. The lowest BCUT2D eigenvalue weighted by atomic mass is 10.2. The zero-order valence-corrected chi connectivity index (χ0v) is 9.47. The number of rotatable bonds is 1. The van der Waals surface area contributed by atoms with Crippen molar-refractivity contribution in [1.29, 1.82) is 5.26 Å². The molecule has 2 nitrogen and oxygen atoms in total. The van der Waals surface area contributed by atoms with E-state index in [-0.39, 0.29) is 3.57 Å². The van der Waals surface area contributed by atoms with E-state index in [2.05, 4.69) is 4.98 Å². The summed E-state index contributed by atoms with van der Waals surface area (Å²) in [6.45, 7) is 0. The first kappa shape index (κ1) is 13.1. The third-order valence-corrected chi connectivity index (χ3v) is 2.45. The highest BCUT2D eigenvalue weighted by atomic mass is 127. The van der Waals surface area contributed by atoms with Crippen LogP contribution >= 0.6 is 22.6 Å². The first-order valence-corrected chi connectivity index (χ1v) is 4.81. The number of hydrogen-bond donors (Lipinski definition) is 0. The molecule has 86 valence electrons. The molecular weight excluding hydrogens is 346 g/mol. The van der Waals surface area contributed by atoms with Crippen molar-refractivity contribution in [2.75, 3.05) is 0 Å². The molecule has 1 heterocycles. The maximum absolute atomic E-state index is 12.4. The molecule has 0 atom stereocenters. The van der Waals surface area contributed by atoms with E-state index in [0.29, 0.717) is 0 Å². The molecule has 0 unspecified atom stereocenters. The van der Waals surface area contributed by atoms with Crippen molar-refractivity contribution >= 4 is 22.6 Å². The zero-order valence-electron chi connectivity index (χ0n) is 7.32. The molecule has 0 N–H and O–H groups in total. The molecule has 0 saturated carbocycles. The molecule has 0 aliphatic rings. The van der Waals surface area contributed by atoms with Crippen LogP contribution in [0, 0.1) is 14.9 Å². The Labute approximate surface area is 100 Å². The van der Waals surface area contributed by atoms with Gasteiger partial charge in [0.25, 0.3) is 6.43 Å². The average Bonchev–Trinajstić information content (AvgIpc) is 2.14. The van der Waals surface area contributed by atoms with Gasteiger partial charge in [0.1, 0.15) is 11.8 Å². The Morgan fingerprint density at radius 1 is 1.38 bits per heavy atom. The molecule has 0 spiro atoms. The molecule has 0 bridgehead atoms. The van der Waals surface area contributed by atoms with Crippen LogP contribution in [0.25, 0.3) is 0 Å². The number of nitrogens with zero attached hydrogens (tertiary/aromatic N) is 2. The zero-order chi connectivity index (χ0) is 12.5. The lowest BCUT2D eigenvalue weighted by Gasteiger charge is -2.10. The molecular formula is C8H2F5IN2. The van der Waals surface area contributed by atoms with Crippen LogP contribution in [0.5, 0.6) is 0 Å². The number of nitriles is 1. The first-order chi connectivity index (χ1) is 7.27. The lowest BCUT2D eigenvalue weighted by Crippen LogP contribution is -2.14. The van der Waals surface area contributed by atoms with E-state index in [1.807, 2.05) is 0 Å². The van der Waals surface area contributed by atoms with Gasteiger partial charge in [0.15, 0.2) is 5.69 Å². The van der Waals surface area contributed by atoms with Crippen molar-refractivity contribution < 1.29 is 22.0 Å². The van der Waals surface area contributed by atoms with Gasteiger partial charge >= 0.3 is 6.18 Å². The molecule has 0 fully saturated rings. The molecule has 0 saturated heterocycles. The van der Waals surface area contributed by atoms with Gasteiger partial charge in [0.2, 0.25) is 0 Å². The molecule has 0 radical (unpaired) electrons. The lowest BCUT2D eigenvalue weighted by molar-refractivity contribution is -0.141. The summed E-state index contributed by atoms with van der Waals surface area (Å²) in [6, 6.07) is 2.06. The fourth-order valence-electron chi connectivity index (χ4n) is 0.956. The normalized spacial score (nSPS) is 11.6. The summed E-state index contributed by atoms with van der Waals surface area (Å²) in [5, 5.41) is 8.51. The minimum atomic E-state index is -4.92. The van der Waals surface area contributed by atoms with Gasteiger partial charge in [-0.05, 0) is 28.7 Å².